The fraction of sp³-hybridized carbons (Fsp3) is 0.182. The number of nitrogens with one attached hydrogen (secondary N) is 2. The molecule has 2 aromatic carbocycles. The third-order valence-corrected chi connectivity index (χ3v) is 4.80. The predicted molar refractivity (Wildman–Crippen MR) is 111 cm³/mol. The summed E-state index contributed by atoms with van der Waals surface area (Å²) in [5.41, 5.74) is 3.33. The van der Waals surface area contributed by atoms with Gasteiger partial charge in [-0.05, 0) is 55.0 Å². The molecular weight excluding hydrogens is 368 g/mol. The first-order valence-electron chi connectivity index (χ1n) is 9.45. The van der Waals surface area contributed by atoms with Crippen molar-refractivity contribution in [2.24, 2.45) is 0 Å². The molecule has 2 heterocycles. The smallest absolute Gasteiger partial charge is 0.414 e. The third kappa shape index (κ3) is 4.24. The molecule has 2 N–H and O–H groups in total. The second-order valence-electron chi connectivity index (χ2n) is 6.82. The van der Waals surface area contributed by atoms with Crippen molar-refractivity contribution in [3.8, 4) is 5.69 Å². The highest BCUT2D eigenvalue weighted by Gasteiger charge is 2.24. The van der Waals surface area contributed by atoms with Gasteiger partial charge in [0, 0.05) is 29.5 Å². The highest BCUT2D eigenvalue weighted by Crippen LogP contribution is 2.23. The molecule has 1 aromatic heterocycles. The van der Waals surface area contributed by atoms with Crippen LogP contribution < -0.4 is 15.5 Å². The number of carbonyl (C=O) groups excluding carboxylic acids is 2. The molecule has 7 nitrogen and oxygen atoms in total. The first kappa shape index (κ1) is 18.6. The molecule has 1 aliphatic rings. The van der Waals surface area contributed by atoms with Crippen LogP contribution in [0.5, 0.6) is 0 Å². The molecule has 3 aromatic rings. The second-order valence-corrected chi connectivity index (χ2v) is 6.82. The number of carbonyl (C=O) groups is 2. The lowest BCUT2D eigenvalue weighted by Gasteiger charge is -2.18. The number of cyclic esters (lactones) is 1. The van der Waals surface area contributed by atoms with E-state index in [1.807, 2.05) is 84.5 Å². The Kier molecular flexibility index (Phi) is 5.20. The number of hydrogen-bond acceptors (Lipinski definition) is 3. The van der Waals surface area contributed by atoms with Gasteiger partial charge in [-0.25, -0.2) is 9.59 Å². The zero-order valence-electron chi connectivity index (χ0n) is 16.0. The lowest BCUT2D eigenvalue weighted by molar-refractivity contribution is 0.181. The van der Waals surface area contributed by atoms with Gasteiger partial charge in [0.05, 0.1) is 12.6 Å². The number of aromatic nitrogens is 1. The minimum Gasteiger partial charge on any atom is -0.447 e. The van der Waals surface area contributed by atoms with Crippen LogP contribution in [0.4, 0.5) is 21.0 Å². The summed E-state index contributed by atoms with van der Waals surface area (Å²) in [5, 5.41) is 5.81. The summed E-state index contributed by atoms with van der Waals surface area (Å²) in [6.45, 7) is 2.82. The number of urea groups is 1. The van der Waals surface area contributed by atoms with Crippen molar-refractivity contribution in [3.63, 3.8) is 0 Å². The minimum absolute atomic E-state index is 0.235. The molecule has 1 saturated heterocycles. The van der Waals surface area contributed by atoms with Crippen molar-refractivity contribution in [1.82, 2.24) is 9.88 Å². The lowest BCUT2D eigenvalue weighted by atomic mass is 10.1. The van der Waals surface area contributed by atoms with Gasteiger partial charge in [-0.3, -0.25) is 4.90 Å². The van der Waals surface area contributed by atoms with Crippen LogP contribution in [-0.4, -0.2) is 29.8 Å². The Morgan fingerprint density at radius 2 is 1.79 bits per heavy atom. The number of hydrogen-bond donors (Lipinski definition) is 2. The Labute approximate surface area is 168 Å². The standard InChI is InChI=1S/C22H22N4O3/c1-16(17-6-4-9-20(14-17)26-12-13-29-22(26)28)23-21(27)24-18-7-5-8-19(15-18)25-10-2-3-11-25/h2-11,14-16H,12-13H2,1H3,(H2,23,24,27). The summed E-state index contributed by atoms with van der Waals surface area (Å²) in [5.74, 6) is 0. The summed E-state index contributed by atoms with van der Waals surface area (Å²) in [6.07, 6.45) is 3.55. The van der Waals surface area contributed by atoms with E-state index in [-0.39, 0.29) is 18.2 Å². The van der Waals surface area contributed by atoms with Crippen molar-refractivity contribution < 1.29 is 14.3 Å². The van der Waals surface area contributed by atoms with Crippen molar-refractivity contribution in [3.05, 3.63) is 78.6 Å². The Bertz CT molecular complexity index is 1020. The zero-order valence-corrected chi connectivity index (χ0v) is 16.0. The second kappa shape index (κ2) is 8.10. The van der Waals surface area contributed by atoms with Gasteiger partial charge in [-0.15, -0.1) is 0 Å². The fourth-order valence-corrected chi connectivity index (χ4v) is 3.29. The van der Waals surface area contributed by atoms with E-state index in [9.17, 15) is 9.59 Å². The zero-order chi connectivity index (χ0) is 20.2. The highest BCUT2D eigenvalue weighted by atomic mass is 16.6. The largest absolute Gasteiger partial charge is 0.447 e. The normalized spacial score (nSPS) is 14.4. The van der Waals surface area contributed by atoms with E-state index in [1.165, 1.54) is 0 Å². The molecular formula is C22H22N4O3. The van der Waals surface area contributed by atoms with Crippen molar-refractivity contribution >= 4 is 23.5 Å². The maximum absolute atomic E-state index is 12.5. The van der Waals surface area contributed by atoms with Crippen LogP contribution in [0, 0.1) is 0 Å². The first-order valence-corrected chi connectivity index (χ1v) is 9.45. The summed E-state index contributed by atoms with van der Waals surface area (Å²) in [6, 6.07) is 18.5. The molecule has 1 aliphatic heterocycles. The van der Waals surface area contributed by atoms with E-state index in [1.54, 1.807) is 4.90 Å². The molecule has 0 aliphatic carbocycles. The average Bonchev–Trinajstić information content (AvgIpc) is 3.40. The Balaban J connectivity index is 1.41. The SMILES string of the molecule is CC(NC(=O)Nc1cccc(-n2cccc2)c1)c1cccc(N2CCOC2=O)c1. The van der Waals surface area contributed by atoms with Gasteiger partial charge in [0.15, 0.2) is 0 Å². The lowest BCUT2D eigenvalue weighted by Crippen LogP contribution is -2.31. The number of nitrogens with zero attached hydrogens (tertiary/aromatic N) is 2. The van der Waals surface area contributed by atoms with Crippen LogP contribution in [0.15, 0.2) is 73.1 Å². The summed E-state index contributed by atoms with van der Waals surface area (Å²) in [7, 11) is 0. The average molecular weight is 390 g/mol. The Morgan fingerprint density at radius 3 is 2.55 bits per heavy atom. The Morgan fingerprint density at radius 1 is 1.03 bits per heavy atom. The molecule has 1 fully saturated rings. The molecule has 0 spiro atoms. The molecule has 0 bridgehead atoms. The number of ether oxygens (including phenoxy) is 1. The predicted octanol–water partition coefficient (Wildman–Crippen LogP) is 4.32. The molecule has 29 heavy (non-hydrogen) atoms. The van der Waals surface area contributed by atoms with Crippen LogP contribution in [-0.2, 0) is 4.74 Å². The monoisotopic (exact) mass is 390 g/mol. The third-order valence-electron chi connectivity index (χ3n) is 4.80. The van der Waals surface area contributed by atoms with E-state index in [2.05, 4.69) is 10.6 Å². The molecule has 148 valence electrons. The maximum Gasteiger partial charge on any atom is 0.414 e. The molecule has 0 saturated carbocycles. The van der Waals surface area contributed by atoms with Crippen LogP contribution in [0.2, 0.25) is 0 Å². The van der Waals surface area contributed by atoms with Crippen molar-refractivity contribution in [2.45, 2.75) is 13.0 Å². The molecule has 0 radical (unpaired) electrons. The maximum atomic E-state index is 12.5. The highest BCUT2D eigenvalue weighted by molar-refractivity contribution is 5.90. The van der Waals surface area contributed by atoms with Gasteiger partial charge in [-0.2, -0.15) is 0 Å². The van der Waals surface area contributed by atoms with E-state index in [0.29, 0.717) is 18.8 Å². The molecule has 1 unspecified atom stereocenters. The van der Waals surface area contributed by atoms with E-state index in [4.69, 9.17) is 4.74 Å². The molecule has 3 amide bonds. The fourth-order valence-electron chi connectivity index (χ4n) is 3.29. The number of amides is 3. The number of benzene rings is 2. The number of anilines is 2. The van der Waals surface area contributed by atoms with Crippen molar-refractivity contribution in [2.75, 3.05) is 23.4 Å². The minimum atomic E-state index is -0.344. The number of rotatable bonds is 5. The van der Waals surface area contributed by atoms with Crippen LogP contribution in [0.25, 0.3) is 5.69 Å². The quantitative estimate of drug-likeness (QED) is 0.681. The van der Waals surface area contributed by atoms with Gasteiger partial charge >= 0.3 is 12.1 Å². The van der Waals surface area contributed by atoms with Gasteiger partial charge in [0.25, 0.3) is 0 Å². The molecule has 4 rings (SSSR count). The summed E-state index contributed by atoms with van der Waals surface area (Å²) >= 11 is 0. The van der Waals surface area contributed by atoms with Gasteiger partial charge < -0.3 is 19.9 Å². The van der Waals surface area contributed by atoms with Gasteiger partial charge in [0.2, 0.25) is 0 Å². The van der Waals surface area contributed by atoms with E-state index < -0.39 is 0 Å². The first-order chi connectivity index (χ1) is 14.1. The van der Waals surface area contributed by atoms with Gasteiger partial charge in [-0.1, -0.05) is 18.2 Å². The Hall–Kier alpha value is -3.74. The van der Waals surface area contributed by atoms with Crippen LogP contribution >= 0.6 is 0 Å². The summed E-state index contributed by atoms with van der Waals surface area (Å²) < 4.78 is 6.97. The van der Waals surface area contributed by atoms with Crippen molar-refractivity contribution in [1.29, 1.82) is 0 Å². The summed E-state index contributed by atoms with van der Waals surface area (Å²) in [4.78, 5) is 25.8. The molecule has 7 heteroatoms. The van der Waals surface area contributed by atoms with Crippen LogP contribution in [0.1, 0.15) is 18.5 Å². The van der Waals surface area contributed by atoms with E-state index >= 15 is 0 Å². The van der Waals surface area contributed by atoms with Crippen LogP contribution in [0.3, 0.4) is 0 Å². The molecule has 1 atom stereocenters. The van der Waals surface area contributed by atoms with E-state index in [0.717, 1.165) is 16.9 Å². The topological polar surface area (TPSA) is 75.6 Å². The van der Waals surface area contributed by atoms with Gasteiger partial charge in [0.1, 0.15) is 6.61 Å².